The zero-order valence-corrected chi connectivity index (χ0v) is 11.5. The molecule has 1 saturated carbocycles. The molecule has 0 aliphatic heterocycles. The average Bonchev–Trinajstić information content (AvgIpc) is 3.15. The first kappa shape index (κ1) is 15.0. The summed E-state index contributed by atoms with van der Waals surface area (Å²) in [7, 11) is 0. The van der Waals surface area contributed by atoms with Crippen molar-refractivity contribution in [3.8, 4) is 0 Å². The van der Waals surface area contributed by atoms with E-state index in [0.717, 1.165) is 12.3 Å². The molecule has 1 fully saturated rings. The van der Waals surface area contributed by atoms with E-state index in [1.165, 1.54) is 19.3 Å². The van der Waals surface area contributed by atoms with Gasteiger partial charge in [-0.2, -0.15) is 0 Å². The molecule has 0 aromatic heterocycles. The summed E-state index contributed by atoms with van der Waals surface area (Å²) in [4.78, 5) is 23.0. The molecule has 1 aliphatic carbocycles. The zero-order valence-electron chi connectivity index (χ0n) is 11.5. The Labute approximate surface area is 109 Å². The lowest BCUT2D eigenvalue weighted by Crippen LogP contribution is -2.37. The van der Waals surface area contributed by atoms with E-state index in [4.69, 9.17) is 0 Å². The Kier molecular flexibility index (Phi) is 5.63. The second kappa shape index (κ2) is 6.76. The number of amides is 1. The molecule has 2 N–H and O–H groups in total. The maximum atomic E-state index is 11.8. The first-order chi connectivity index (χ1) is 8.54. The Hall–Kier alpha value is -1.06. The fraction of sp³-hybridized carbons (Fsp3) is 0.857. The van der Waals surface area contributed by atoms with Crippen LogP contribution in [0.5, 0.6) is 0 Å². The van der Waals surface area contributed by atoms with Crippen LogP contribution in [0.15, 0.2) is 0 Å². The summed E-state index contributed by atoms with van der Waals surface area (Å²) in [5, 5.41) is 12.1. The van der Waals surface area contributed by atoms with Crippen molar-refractivity contribution in [2.45, 2.75) is 58.8 Å². The van der Waals surface area contributed by atoms with Gasteiger partial charge < -0.3 is 10.4 Å². The van der Waals surface area contributed by atoms with Gasteiger partial charge in [0.2, 0.25) is 5.91 Å². The second-order valence-corrected chi connectivity index (χ2v) is 5.40. The number of carbonyl (C=O) groups excluding carboxylic acids is 1. The Bertz CT molecular complexity index is 293. The van der Waals surface area contributed by atoms with Crippen molar-refractivity contribution in [3.05, 3.63) is 0 Å². The van der Waals surface area contributed by atoms with E-state index < -0.39 is 11.4 Å². The van der Waals surface area contributed by atoms with Gasteiger partial charge in [0, 0.05) is 13.0 Å². The highest BCUT2D eigenvalue weighted by atomic mass is 16.4. The van der Waals surface area contributed by atoms with E-state index in [9.17, 15) is 14.7 Å². The number of carboxylic acid groups (broad SMARTS) is 1. The molecule has 1 rings (SSSR count). The molecule has 0 radical (unpaired) electrons. The summed E-state index contributed by atoms with van der Waals surface area (Å²) >= 11 is 0. The van der Waals surface area contributed by atoms with Gasteiger partial charge >= 0.3 is 5.97 Å². The van der Waals surface area contributed by atoms with Crippen LogP contribution in [0.1, 0.15) is 58.8 Å². The minimum atomic E-state index is -0.888. The summed E-state index contributed by atoms with van der Waals surface area (Å²) in [5.41, 5.74) is -0.888. The van der Waals surface area contributed by atoms with Gasteiger partial charge in [-0.3, -0.25) is 9.59 Å². The number of carboxylic acids is 1. The van der Waals surface area contributed by atoms with Crippen LogP contribution in [-0.4, -0.2) is 23.5 Å². The van der Waals surface area contributed by atoms with E-state index in [2.05, 4.69) is 5.32 Å². The molecule has 0 aromatic rings. The third-order valence-corrected chi connectivity index (χ3v) is 4.11. The topological polar surface area (TPSA) is 66.4 Å². The highest BCUT2D eigenvalue weighted by molar-refractivity contribution is 5.84. The molecule has 4 heteroatoms. The van der Waals surface area contributed by atoms with Crippen LogP contribution in [-0.2, 0) is 9.59 Å². The minimum absolute atomic E-state index is 0.0960. The van der Waals surface area contributed by atoms with Gasteiger partial charge in [0.1, 0.15) is 0 Å². The molecule has 0 unspecified atom stereocenters. The molecular weight excluding hydrogens is 230 g/mol. The predicted molar refractivity (Wildman–Crippen MR) is 70.2 cm³/mol. The molecule has 104 valence electrons. The van der Waals surface area contributed by atoms with Crippen molar-refractivity contribution in [1.82, 2.24) is 5.32 Å². The smallest absolute Gasteiger partial charge is 0.310 e. The number of hydrogen-bond acceptors (Lipinski definition) is 2. The fourth-order valence-electron chi connectivity index (χ4n) is 2.27. The van der Waals surface area contributed by atoms with Gasteiger partial charge in [-0.1, -0.05) is 26.7 Å². The molecule has 0 saturated heterocycles. The standard InChI is InChI=1S/C14H25NO3/c1-3-14(4-2,13(17)18)10-12(16)15-9-5-6-11-7-8-11/h11H,3-10H2,1-2H3,(H,15,16)(H,17,18). The van der Waals surface area contributed by atoms with Crippen LogP contribution in [0.4, 0.5) is 0 Å². The van der Waals surface area contributed by atoms with E-state index >= 15 is 0 Å². The molecule has 1 aliphatic rings. The van der Waals surface area contributed by atoms with Crippen LogP contribution in [0.3, 0.4) is 0 Å². The minimum Gasteiger partial charge on any atom is -0.481 e. The average molecular weight is 255 g/mol. The van der Waals surface area contributed by atoms with Crippen LogP contribution in [0.25, 0.3) is 0 Å². The lowest BCUT2D eigenvalue weighted by molar-refractivity contribution is -0.152. The predicted octanol–water partition coefficient (Wildman–Crippen LogP) is 2.57. The normalized spacial score (nSPS) is 15.4. The Morgan fingerprint density at radius 2 is 1.89 bits per heavy atom. The van der Waals surface area contributed by atoms with Gasteiger partial charge in [0.15, 0.2) is 0 Å². The molecule has 0 atom stereocenters. The first-order valence-electron chi connectivity index (χ1n) is 7.04. The zero-order chi connectivity index (χ0) is 13.6. The first-order valence-corrected chi connectivity index (χ1v) is 7.04. The van der Waals surface area contributed by atoms with Crippen molar-refractivity contribution < 1.29 is 14.7 Å². The van der Waals surface area contributed by atoms with E-state index in [0.29, 0.717) is 19.4 Å². The Morgan fingerprint density at radius 1 is 1.28 bits per heavy atom. The summed E-state index contributed by atoms with van der Waals surface area (Å²) in [6.07, 6.45) is 5.95. The highest BCUT2D eigenvalue weighted by Crippen LogP contribution is 2.33. The van der Waals surface area contributed by atoms with Crippen molar-refractivity contribution in [1.29, 1.82) is 0 Å². The SMILES string of the molecule is CCC(CC)(CC(=O)NCCCC1CC1)C(=O)O. The maximum Gasteiger partial charge on any atom is 0.310 e. The molecule has 0 bridgehead atoms. The number of nitrogens with one attached hydrogen (secondary N) is 1. The third kappa shape index (κ3) is 4.31. The summed E-state index contributed by atoms with van der Waals surface area (Å²) in [6.45, 7) is 4.34. The van der Waals surface area contributed by atoms with Crippen molar-refractivity contribution >= 4 is 11.9 Å². The molecule has 18 heavy (non-hydrogen) atoms. The number of aliphatic carboxylic acids is 1. The molecule has 0 spiro atoms. The third-order valence-electron chi connectivity index (χ3n) is 4.11. The van der Waals surface area contributed by atoms with Crippen molar-refractivity contribution in [2.24, 2.45) is 11.3 Å². The van der Waals surface area contributed by atoms with E-state index in [1.54, 1.807) is 0 Å². The van der Waals surface area contributed by atoms with Crippen LogP contribution in [0, 0.1) is 11.3 Å². The van der Waals surface area contributed by atoms with Crippen LogP contribution in [0.2, 0.25) is 0 Å². The second-order valence-electron chi connectivity index (χ2n) is 5.40. The summed E-state index contributed by atoms with van der Waals surface area (Å²) < 4.78 is 0. The molecule has 0 aromatic carbocycles. The van der Waals surface area contributed by atoms with Crippen LogP contribution < -0.4 is 5.32 Å². The largest absolute Gasteiger partial charge is 0.481 e. The summed E-state index contributed by atoms with van der Waals surface area (Å²) in [5.74, 6) is -0.108. The van der Waals surface area contributed by atoms with Crippen LogP contribution >= 0.6 is 0 Å². The van der Waals surface area contributed by atoms with Gasteiger partial charge in [-0.25, -0.2) is 0 Å². The lowest BCUT2D eigenvalue weighted by Gasteiger charge is -2.25. The van der Waals surface area contributed by atoms with Gasteiger partial charge in [-0.15, -0.1) is 0 Å². The number of carbonyl (C=O) groups is 2. The molecular formula is C14H25NO3. The monoisotopic (exact) mass is 255 g/mol. The lowest BCUT2D eigenvalue weighted by atomic mass is 9.79. The molecule has 0 heterocycles. The number of hydrogen-bond donors (Lipinski definition) is 2. The fourth-order valence-corrected chi connectivity index (χ4v) is 2.27. The quantitative estimate of drug-likeness (QED) is 0.622. The van der Waals surface area contributed by atoms with Gasteiger partial charge in [0.05, 0.1) is 5.41 Å². The van der Waals surface area contributed by atoms with Gasteiger partial charge in [0.25, 0.3) is 0 Å². The van der Waals surface area contributed by atoms with Gasteiger partial charge in [-0.05, 0) is 31.6 Å². The number of rotatable bonds is 9. The Balaban J connectivity index is 2.28. The van der Waals surface area contributed by atoms with E-state index in [-0.39, 0.29) is 12.3 Å². The van der Waals surface area contributed by atoms with Crippen molar-refractivity contribution in [2.75, 3.05) is 6.54 Å². The Morgan fingerprint density at radius 3 is 2.33 bits per heavy atom. The van der Waals surface area contributed by atoms with Crippen molar-refractivity contribution in [3.63, 3.8) is 0 Å². The van der Waals surface area contributed by atoms with E-state index in [1.807, 2.05) is 13.8 Å². The highest BCUT2D eigenvalue weighted by Gasteiger charge is 2.36. The molecule has 1 amide bonds. The summed E-state index contributed by atoms with van der Waals surface area (Å²) in [6, 6.07) is 0. The molecule has 4 nitrogen and oxygen atoms in total. The maximum absolute atomic E-state index is 11.8.